The average molecular weight is 379 g/mol. The van der Waals surface area contributed by atoms with E-state index in [4.69, 9.17) is 37.9 Å². The summed E-state index contributed by atoms with van der Waals surface area (Å²) in [5, 5.41) is 12.1. The number of amides is 1. The van der Waals surface area contributed by atoms with Gasteiger partial charge >= 0.3 is 0 Å². The van der Waals surface area contributed by atoms with Gasteiger partial charge in [0.15, 0.2) is 0 Å². The van der Waals surface area contributed by atoms with E-state index < -0.39 is 0 Å². The molecule has 0 fully saturated rings. The molecule has 0 aromatic heterocycles. The molecule has 0 aliphatic heterocycles. The smallest absolute Gasteiger partial charge is 0.234 e. The number of hydrogen-bond donors (Lipinski definition) is 1. The predicted octanol–water partition coefficient (Wildman–Crippen LogP) is 3.98. The van der Waals surface area contributed by atoms with Crippen LogP contribution in [-0.4, -0.2) is 19.1 Å². The lowest BCUT2D eigenvalue weighted by molar-refractivity contribution is -0.120. The molecule has 0 radical (unpaired) electrons. The Labute approximate surface area is 156 Å². The molecule has 2 aromatic carbocycles. The fourth-order valence-electron chi connectivity index (χ4n) is 1.94. The number of nitrogens with one attached hydrogen (secondary N) is 1. The molecule has 0 aliphatic carbocycles. The van der Waals surface area contributed by atoms with Crippen LogP contribution in [0.5, 0.6) is 11.5 Å². The highest BCUT2D eigenvalue weighted by molar-refractivity contribution is 6.34. The highest BCUT2D eigenvalue weighted by Crippen LogP contribution is 2.27. The monoisotopic (exact) mass is 378 g/mol. The largest absolute Gasteiger partial charge is 0.490 e. The van der Waals surface area contributed by atoms with Crippen LogP contribution in [-0.2, 0) is 11.3 Å². The van der Waals surface area contributed by atoms with Gasteiger partial charge in [0.25, 0.3) is 0 Å². The first-order chi connectivity index (χ1) is 12.1. The number of hydrogen-bond acceptors (Lipinski definition) is 4. The maximum atomic E-state index is 11.2. The Morgan fingerprint density at radius 3 is 2.52 bits per heavy atom. The molecule has 130 valence electrons. The second-order valence-electron chi connectivity index (χ2n) is 5.03. The van der Waals surface area contributed by atoms with E-state index in [1.807, 2.05) is 12.1 Å². The highest BCUT2D eigenvalue weighted by atomic mass is 35.5. The molecule has 0 aliphatic rings. The van der Waals surface area contributed by atoms with Gasteiger partial charge in [-0.3, -0.25) is 4.79 Å². The molecule has 0 spiro atoms. The third-order valence-electron chi connectivity index (χ3n) is 3.16. The minimum Gasteiger partial charge on any atom is -0.490 e. The fourth-order valence-corrected chi connectivity index (χ4v) is 2.27. The summed E-state index contributed by atoms with van der Waals surface area (Å²) in [5.41, 5.74) is 0.917. The molecule has 0 saturated heterocycles. The van der Waals surface area contributed by atoms with E-state index in [0.29, 0.717) is 41.3 Å². The molecule has 0 atom stereocenters. The predicted molar refractivity (Wildman–Crippen MR) is 96.0 cm³/mol. The highest BCUT2D eigenvalue weighted by Gasteiger charge is 2.03. The van der Waals surface area contributed by atoms with E-state index in [9.17, 15) is 4.79 Å². The van der Waals surface area contributed by atoms with E-state index in [0.717, 1.165) is 5.56 Å². The first kappa shape index (κ1) is 18.9. The molecule has 5 nitrogen and oxygen atoms in total. The van der Waals surface area contributed by atoms with Gasteiger partial charge in [0.05, 0.1) is 11.1 Å². The van der Waals surface area contributed by atoms with Crippen LogP contribution in [0, 0.1) is 11.3 Å². The van der Waals surface area contributed by atoms with Gasteiger partial charge < -0.3 is 14.8 Å². The number of nitriles is 1. The molecule has 0 heterocycles. The van der Waals surface area contributed by atoms with Crippen LogP contribution in [0.25, 0.3) is 0 Å². The Balaban J connectivity index is 1.73. The van der Waals surface area contributed by atoms with Crippen molar-refractivity contribution in [1.29, 1.82) is 5.26 Å². The van der Waals surface area contributed by atoms with Gasteiger partial charge in [0, 0.05) is 17.6 Å². The number of benzene rings is 2. The second kappa shape index (κ2) is 9.77. The van der Waals surface area contributed by atoms with Gasteiger partial charge in [-0.2, -0.15) is 5.26 Å². The molecule has 0 bridgehead atoms. The average Bonchev–Trinajstić information content (AvgIpc) is 2.61. The zero-order valence-corrected chi connectivity index (χ0v) is 14.8. The van der Waals surface area contributed by atoms with Gasteiger partial charge in [0.1, 0.15) is 31.1 Å². The van der Waals surface area contributed by atoms with E-state index in [1.165, 1.54) is 0 Å². The summed E-state index contributed by atoms with van der Waals surface area (Å²) in [6.45, 7) is 1.05. The van der Waals surface area contributed by atoms with Crippen LogP contribution in [0.15, 0.2) is 42.5 Å². The van der Waals surface area contributed by atoms with Crippen molar-refractivity contribution >= 4 is 29.1 Å². The number of carbonyl (C=O) groups is 1. The zero-order chi connectivity index (χ0) is 18.1. The first-order valence-corrected chi connectivity index (χ1v) is 8.27. The quantitative estimate of drug-likeness (QED) is 0.705. The summed E-state index contributed by atoms with van der Waals surface area (Å²) in [7, 11) is 0. The normalized spacial score (nSPS) is 9.96. The number of nitrogens with zero attached hydrogens (tertiary/aromatic N) is 1. The topological polar surface area (TPSA) is 71.4 Å². The van der Waals surface area contributed by atoms with Gasteiger partial charge in [-0.05, 0) is 29.8 Å². The summed E-state index contributed by atoms with van der Waals surface area (Å²) in [5.74, 6) is 0.911. The van der Waals surface area contributed by atoms with Crippen LogP contribution >= 0.6 is 23.2 Å². The standard InChI is InChI=1S/C18H16Cl2N2O3/c19-14-3-6-16(20)17(11-14)25-10-9-24-15-4-1-13(2-5-15)12-22-18(23)7-8-21/h1-6,11H,7,9-10,12H2,(H,22,23). The number of rotatable bonds is 8. The third-order valence-corrected chi connectivity index (χ3v) is 3.70. The van der Waals surface area contributed by atoms with Crippen molar-refractivity contribution in [2.24, 2.45) is 0 Å². The van der Waals surface area contributed by atoms with Crippen LogP contribution in [0.3, 0.4) is 0 Å². The minimum absolute atomic E-state index is 0.141. The van der Waals surface area contributed by atoms with Gasteiger partial charge in [-0.1, -0.05) is 35.3 Å². The summed E-state index contributed by atoms with van der Waals surface area (Å²) in [6.07, 6.45) is -0.141. The van der Waals surface area contributed by atoms with Crippen LogP contribution in [0.2, 0.25) is 10.0 Å². The maximum Gasteiger partial charge on any atom is 0.234 e. The minimum atomic E-state index is -0.292. The Morgan fingerprint density at radius 2 is 1.80 bits per heavy atom. The second-order valence-corrected chi connectivity index (χ2v) is 5.87. The van der Waals surface area contributed by atoms with E-state index in [2.05, 4.69) is 5.32 Å². The third kappa shape index (κ3) is 6.54. The molecule has 0 unspecified atom stereocenters. The Bertz CT molecular complexity index is 758. The SMILES string of the molecule is N#CCC(=O)NCc1ccc(OCCOc2cc(Cl)ccc2Cl)cc1. The van der Waals surface area contributed by atoms with E-state index in [-0.39, 0.29) is 12.3 Å². The van der Waals surface area contributed by atoms with Crippen LogP contribution in [0.4, 0.5) is 0 Å². The number of halogens is 2. The number of ether oxygens (including phenoxy) is 2. The van der Waals surface area contributed by atoms with Crippen molar-refractivity contribution in [3.8, 4) is 17.6 Å². The fraction of sp³-hybridized carbons (Fsp3) is 0.222. The molecular formula is C18H16Cl2N2O3. The van der Waals surface area contributed by atoms with Gasteiger partial charge in [0.2, 0.25) is 5.91 Å². The zero-order valence-electron chi connectivity index (χ0n) is 13.3. The first-order valence-electron chi connectivity index (χ1n) is 7.51. The lowest BCUT2D eigenvalue weighted by Gasteiger charge is -2.10. The lowest BCUT2D eigenvalue weighted by atomic mass is 10.2. The van der Waals surface area contributed by atoms with Crippen molar-refractivity contribution in [3.05, 3.63) is 58.1 Å². The van der Waals surface area contributed by atoms with Crippen molar-refractivity contribution in [1.82, 2.24) is 5.32 Å². The van der Waals surface area contributed by atoms with Crippen molar-refractivity contribution in [3.63, 3.8) is 0 Å². The molecule has 2 aromatic rings. The summed E-state index contributed by atoms with van der Waals surface area (Å²) in [4.78, 5) is 11.2. The van der Waals surface area contributed by atoms with Gasteiger partial charge in [-0.15, -0.1) is 0 Å². The molecular weight excluding hydrogens is 363 g/mol. The van der Waals surface area contributed by atoms with E-state index in [1.54, 1.807) is 36.4 Å². The van der Waals surface area contributed by atoms with E-state index >= 15 is 0 Å². The van der Waals surface area contributed by atoms with Crippen molar-refractivity contribution in [2.75, 3.05) is 13.2 Å². The molecule has 7 heteroatoms. The Morgan fingerprint density at radius 1 is 1.08 bits per heavy atom. The van der Waals surface area contributed by atoms with Crippen molar-refractivity contribution in [2.45, 2.75) is 13.0 Å². The molecule has 0 saturated carbocycles. The van der Waals surface area contributed by atoms with Crippen LogP contribution < -0.4 is 14.8 Å². The molecule has 25 heavy (non-hydrogen) atoms. The van der Waals surface area contributed by atoms with Crippen molar-refractivity contribution < 1.29 is 14.3 Å². The van der Waals surface area contributed by atoms with Crippen LogP contribution in [0.1, 0.15) is 12.0 Å². The van der Waals surface area contributed by atoms with Gasteiger partial charge in [-0.25, -0.2) is 0 Å². The Kier molecular flexibility index (Phi) is 7.39. The number of carbonyl (C=O) groups excluding carboxylic acids is 1. The Hall–Kier alpha value is -2.42. The molecule has 1 N–H and O–H groups in total. The molecule has 1 amide bonds. The summed E-state index contributed by atoms with van der Waals surface area (Å²) < 4.78 is 11.1. The molecule has 2 rings (SSSR count). The summed E-state index contributed by atoms with van der Waals surface area (Å²) >= 11 is 11.9. The summed E-state index contributed by atoms with van der Waals surface area (Å²) in [6, 6.07) is 14.1. The lowest BCUT2D eigenvalue weighted by Crippen LogP contribution is -2.21. The maximum absolute atomic E-state index is 11.2.